The molecule has 0 aliphatic heterocycles. The summed E-state index contributed by atoms with van der Waals surface area (Å²) in [6, 6.07) is 47.0. The average molecular weight is 516 g/mol. The van der Waals surface area contributed by atoms with Gasteiger partial charge < -0.3 is 14.6 Å². The second kappa shape index (κ2) is 9.97. The van der Waals surface area contributed by atoms with E-state index < -0.39 is 7.12 Å². The molecule has 190 valence electrons. The van der Waals surface area contributed by atoms with Crippen LogP contribution in [0.1, 0.15) is 0 Å². The highest BCUT2D eigenvalue weighted by atomic mass is 16.4. The van der Waals surface area contributed by atoms with E-state index in [9.17, 15) is 10.0 Å². The molecule has 5 aromatic carbocycles. The Bertz CT molecular complexity index is 1920. The van der Waals surface area contributed by atoms with Crippen molar-refractivity contribution in [3.63, 3.8) is 0 Å². The highest BCUT2D eigenvalue weighted by Crippen LogP contribution is 2.34. The fraction of sp³-hybridized carbons (Fsp3) is 0. The number of nitrogens with zero attached hydrogens (tertiary/aromatic N) is 2. The van der Waals surface area contributed by atoms with Crippen molar-refractivity contribution in [2.75, 3.05) is 0 Å². The van der Waals surface area contributed by atoms with E-state index in [1.54, 1.807) is 6.07 Å². The smallest absolute Gasteiger partial charge is 0.423 e. The Balaban J connectivity index is 1.45. The number of fused-ring (bicyclic) bond motifs is 3. The van der Waals surface area contributed by atoms with E-state index in [1.165, 1.54) is 0 Å². The first-order valence-electron chi connectivity index (χ1n) is 13.3. The molecule has 0 amide bonds. The molecule has 40 heavy (non-hydrogen) atoms. The van der Waals surface area contributed by atoms with E-state index in [1.807, 2.05) is 66.7 Å². The van der Waals surface area contributed by atoms with Crippen LogP contribution in [-0.2, 0) is 0 Å². The first kappa shape index (κ1) is 24.1. The van der Waals surface area contributed by atoms with Crippen molar-refractivity contribution in [3.05, 3.63) is 140 Å². The summed E-state index contributed by atoms with van der Waals surface area (Å²) in [6.45, 7) is 0. The van der Waals surface area contributed by atoms with E-state index in [0.717, 1.165) is 61.1 Å². The maximum Gasteiger partial charge on any atom is 0.489 e. The summed E-state index contributed by atoms with van der Waals surface area (Å²) in [5, 5.41) is 22.1. The number of aromatic nitrogens is 2. The summed E-state index contributed by atoms with van der Waals surface area (Å²) < 4.78 is 2.19. The molecule has 7 rings (SSSR count). The van der Waals surface area contributed by atoms with Gasteiger partial charge in [-0.25, -0.2) is 4.98 Å². The molecule has 0 atom stereocenters. The quantitative estimate of drug-likeness (QED) is 0.246. The molecule has 0 saturated heterocycles. The van der Waals surface area contributed by atoms with Gasteiger partial charge in [-0.3, -0.25) is 0 Å². The van der Waals surface area contributed by atoms with Crippen molar-refractivity contribution < 1.29 is 10.0 Å². The Hall–Kier alpha value is -4.97. The average Bonchev–Trinajstić information content (AvgIpc) is 3.36. The monoisotopic (exact) mass is 516 g/mol. The van der Waals surface area contributed by atoms with Gasteiger partial charge in [-0.15, -0.1) is 0 Å². The van der Waals surface area contributed by atoms with Gasteiger partial charge in [0.1, 0.15) is 0 Å². The number of rotatable bonds is 5. The van der Waals surface area contributed by atoms with Crippen LogP contribution in [0.25, 0.3) is 61.1 Å². The van der Waals surface area contributed by atoms with Gasteiger partial charge in [0.05, 0.1) is 22.4 Å². The molecule has 2 heterocycles. The van der Waals surface area contributed by atoms with Gasteiger partial charge in [-0.2, -0.15) is 0 Å². The van der Waals surface area contributed by atoms with Crippen LogP contribution >= 0.6 is 0 Å². The Kier molecular flexibility index (Phi) is 6.01. The molecule has 0 saturated carbocycles. The molecule has 0 bridgehead atoms. The molecular weight excluding hydrogens is 491 g/mol. The zero-order chi connectivity index (χ0) is 27.1. The van der Waals surface area contributed by atoms with Gasteiger partial charge in [0.2, 0.25) is 0 Å². The van der Waals surface area contributed by atoms with E-state index in [-0.39, 0.29) is 0 Å². The molecule has 0 fully saturated rings. The molecular formula is C35H25BN2O2. The lowest BCUT2D eigenvalue weighted by molar-refractivity contribution is 0.426. The van der Waals surface area contributed by atoms with Crippen molar-refractivity contribution in [3.8, 4) is 39.3 Å². The normalized spacial score (nSPS) is 11.2. The predicted octanol–water partition coefficient (Wildman–Crippen LogP) is 6.86. The number of hydrogen-bond acceptors (Lipinski definition) is 3. The van der Waals surface area contributed by atoms with Crippen molar-refractivity contribution in [1.29, 1.82) is 0 Å². The van der Waals surface area contributed by atoms with Crippen molar-refractivity contribution in [2.24, 2.45) is 0 Å². The fourth-order valence-corrected chi connectivity index (χ4v) is 5.58. The van der Waals surface area contributed by atoms with Crippen molar-refractivity contribution in [1.82, 2.24) is 9.55 Å². The molecule has 4 nitrogen and oxygen atoms in total. The van der Waals surface area contributed by atoms with Gasteiger partial charge in [0.15, 0.2) is 0 Å². The molecule has 0 unspecified atom stereocenters. The molecule has 0 radical (unpaired) electrons. The van der Waals surface area contributed by atoms with Crippen LogP contribution in [-0.4, -0.2) is 26.7 Å². The van der Waals surface area contributed by atoms with Crippen LogP contribution in [0.3, 0.4) is 0 Å². The zero-order valence-corrected chi connectivity index (χ0v) is 21.6. The van der Waals surface area contributed by atoms with E-state index >= 15 is 0 Å². The van der Waals surface area contributed by atoms with E-state index in [0.29, 0.717) is 5.46 Å². The van der Waals surface area contributed by atoms with Crippen molar-refractivity contribution >= 4 is 34.4 Å². The number of pyridine rings is 1. The van der Waals surface area contributed by atoms with Gasteiger partial charge in [0, 0.05) is 27.6 Å². The summed E-state index contributed by atoms with van der Waals surface area (Å²) in [7, 11) is -1.56. The summed E-state index contributed by atoms with van der Waals surface area (Å²) in [6.07, 6.45) is 0. The first-order valence-corrected chi connectivity index (χ1v) is 13.3. The predicted molar refractivity (Wildman–Crippen MR) is 165 cm³/mol. The lowest BCUT2D eigenvalue weighted by atomic mass is 9.77. The van der Waals surface area contributed by atoms with Crippen LogP contribution in [0, 0.1) is 0 Å². The summed E-state index contributed by atoms with van der Waals surface area (Å²) in [5.41, 5.74) is 9.53. The van der Waals surface area contributed by atoms with E-state index in [4.69, 9.17) is 4.98 Å². The molecule has 0 aliphatic rings. The van der Waals surface area contributed by atoms with Gasteiger partial charge in [0.25, 0.3) is 0 Å². The fourth-order valence-electron chi connectivity index (χ4n) is 5.58. The van der Waals surface area contributed by atoms with Crippen LogP contribution in [0.5, 0.6) is 0 Å². The maximum atomic E-state index is 10.1. The van der Waals surface area contributed by atoms with Crippen LogP contribution in [0.15, 0.2) is 140 Å². The minimum atomic E-state index is -1.56. The van der Waals surface area contributed by atoms with E-state index in [2.05, 4.69) is 71.3 Å². The van der Waals surface area contributed by atoms with Crippen LogP contribution in [0.4, 0.5) is 0 Å². The SMILES string of the molecule is OB(O)c1cccc2c1c1ccccc1n2-c1cccc(-c2cc(-c3ccccc3)nc(-c3ccccc3)c2)c1. The number of benzene rings is 5. The lowest BCUT2D eigenvalue weighted by Crippen LogP contribution is -2.30. The van der Waals surface area contributed by atoms with Gasteiger partial charge in [-0.1, -0.05) is 103 Å². The third-order valence-electron chi connectivity index (χ3n) is 7.41. The highest BCUT2D eigenvalue weighted by Gasteiger charge is 2.21. The highest BCUT2D eigenvalue weighted by molar-refractivity contribution is 6.63. The second-order valence-electron chi connectivity index (χ2n) is 9.88. The minimum Gasteiger partial charge on any atom is -0.423 e. The summed E-state index contributed by atoms with van der Waals surface area (Å²) in [5.74, 6) is 0. The molecule has 2 aromatic heterocycles. The van der Waals surface area contributed by atoms with Gasteiger partial charge in [-0.05, 0) is 53.0 Å². The Morgan fingerprint density at radius 1 is 0.500 bits per heavy atom. The molecule has 0 aliphatic carbocycles. The zero-order valence-electron chi connectivity index (χ0n) is 21.6. The molecule has 5 heteroatoms. The molecule has 2 N–H and O–H groups in total. The molecule has 0 spiro atoms. The summed E-state index contributed by atoms with van der Waals surface area (Å²) >= 11 is 0. The topological polar surface area (TPSA) is 58.3 Å². The van der Waals surface area contributed by atoms with Gasteiger partial charge >= 0.3 is 7.12 Å². The number of para-hydroxylation sites is 1. The third kappa shape index (κ3) is 4.18. The first-order chi connectivity index (χ1) is 19.7. The maximum absolute atomic E-state index is 10.1. The third-order valence-corrected chi connectivity index (χ3v) is 7.41. The Labute approximate surface area is 232 Å². The Morgan fingerprint density at radius 3 is 1.75 bits per heavy atom. The molecule has 7 aromatic rings. The Morgan fingerprint density at radius 2 is 1.07 bits per heavy atom. The van der Waals surface area contributed by atoms with Crippen LogP contribution in [0.2, 0.25) is 0 Å². The lowest BCUT2D eigenvalue weighted by Gasteiger charge is -2.13. The second-order valence-corrected chi connectivity index (χ2v) is 9.88. The minimum absolute atomic E-state index is 0.498. The number of hydrogen-bond donors (Lipinski definition) is 2. The largest absolute Gasteiger partial charge is 0.489 e. The van der Waals surface area contributed by atoms with Crippen LogP contribution < -0.4 is 5.46 Å². The standard InChI is InChI=1S/C35H25BN2O2/c39-36(40)30-18-10-20-34-35(30)29-17-7-8-19-33(29)38(34)28-16-9-15-26(21-28)27-22-31(24-11-3-1-4-12-24)37-32(23-27)25-13-5-2-6-14-25/h1-23,39-40H. The summed E-state index contributed by atoms with van der Waals surface area (Å²) in [4.78, 5) is 5.03. The van der Waals surface area contributed by atoms with Crippen molar-refractivity contribution in [2.45, 2.75) is 0 Å².